The average molecular weight is 327 g/mol. The van der Waals surface area contributed by atoms with Gasteiger partial charge in [-0.2, -0.15) is 0 Å². The molecule has 6 nitrogen and oxygen atoms in total. The van der Waals surface area contributed by atoms with Gasteiger partial charge in [0.05, 0.1) is 11.9 Å². The quantitative estimate of drug-likeness (QED) is 0.935. The molecule has 1 fully saturated rings. The Morgan fingerprint density at radius 2 is 2.21 bits per heavy atom. The first-order valence-corrected chi connectivity index (χ1v) is 8.54. The van der Waals surface area contributed by atoms with Crippen LogP contribution in [0.2, 0.25) is 0 Å². The summed E-state index contributed by atoms with van der Waals surface area (Å²) >= 11 is 0. The molecule has 128 valence electrons. The number of aromatic amines is 1. The van der Waals surface area contributed by atoms with Crippen molar-refractivity contribution >= 4 is 5.91 Å². The summed E-state index contributed by atoms with van der Waals surface area (Å²) in [5, 5.41) is 0. The molecule has 1 atom stereocenters. The van der Waals surface area contributed by atoms with E-state index in [0.29, 0.717) is 11.7 Å². The van der Waals surface area contributed by atoms with Gasteiger partial charge in [-0.25, -0.2) is 4.98 Å². The number of pyridine rings is 1. The molecular weight excluding hydrogens is 302 g/mol. The van der Waals surface area contributed by atoms with Gasteiger partial charge in [-0.1, -0.05) is 6.07 Å². The minimum absolute atomic E-state index is 0.0589. The molecule has 2 aromatic heterocycles. The Bertz CT molecular complexity index is 669. The Labute approximate surface area is 142 Å². The van der Waals surface area contributed by atoms with Crippen LogP contribution in [0.5, 0.6) is 0 Å². The SMILES string of the molecule is Cc1ncc(C(=O)N2CCC[C@@H](N(C)Cc3ccccn3)CC2)[nH]1. The Kier molecular flexibility index (Phi) is 5.25. The second kappa shape index (κ2) is 7.57. The largest absolute Gasteiger partial charge is 0.338 e. The van der Waals surface area contributed by atoms with Gasteiger partial charge >= 0.3 is 0 Å². The zero-order valence-electron chi connectivity index (χ0n) is 14.4. The smallest absolute Gasteiger partial charge is 0.271 e. The van der Waals surface area contributed by atoms with Crippen LogP contribution < -0.4 is 0 Å². The summed E-state index contributed by atoms with van der Waals surface area (Å²) in [6, 6.07) is 6.50. The van der Waals surface area contributed by atoms with Crippen molar-refractivity contribution in [3.05, 3.63) is 47.8 Å². The highest BCUT2D eigenvalue weighted by Crippen LogP contribution is 2.18. The fraction of sp³-hybridized carbons (Fsp3) is 0.500. The third-order valence-corrected chi connectivity index (χ3v) is 4.68. The van der Waals surface area contributed by atoms with Crippen molar-refractivity contribution in [1.82, 2.24) is 24.8 Å². The number of nitrogens with one attached hydrogen (secondary N) is 1. The first-order chi connectivity index (χ1) is 11.6. The molecule has 0 aliphatic carbocycles. The molecule has 1 N–H and O–H groups in total. The van der Waals surface area contributed by atoms with E-state index in [1.54, 1.807) is 6.20 Å². The molecule has 0 saturated carbocycles. The van der Waals surface area contributed by atoms with Crippen LogP contribution in [0.15, 0.2) is 30.6 Å². The van der Waals surface area contributed by atoms with Gasteiger partial charge in [0, 0.05) is 31.9 Å². The second-order valence-corrected chi connectivity index (χ2v) is 6.50. The third-order valence-electron chi connectivity index (χ3n) is 4.68. The molecule has 3 heterocycles. The van der Waals surface area contributed by atoms with Crippen molar-refractivity contribution < 1.29 is 4.79 Å². The molecule has 1 saturated heterocycles. The van der Waals surface area contributed by atoms with Gasteiger partial charge in [0.1, 0.15) is 11.5 Å². The normalized spacial score (nSPS) is 18.6. The fourth-order valence-corrected chi connectivity index (χ4v) is 3.30. The number of nitrogens with zero attached hydrogens (tertiary/aromatic N) is 4. The number of rotatable bonds is 4. The van der Waals surface area contributed by atoms with Gasteiger partial charge in [0.15, 0.2) is 0 Å². The Morgan fingerprint density at radius 1 is 1.33 bits per heavy atom. The Morgan fingerprint density at radius 3 is 2.92 bits per heavy atom. The van der Waals surface area contributed by atoms with E-state index in [4.69, 9.17) is 0 Å². The van der Waals surface area contributed by atoms with Crippen LogP contribution >= 0.6 is 0 Å². The molecule has 0 radical (unpaired) electrons. The van der Waals surface area contributed by atoms with E-state index in [-0.39, 0.29) is 5.91 Å². The zero-order chi connectivity index (χ0) is 16.9. The fourth-order valence-electron chi connectivity index (χ4n) is 3.30. The summed E-state index contributed by atoms with van der Waals surface area (Å²) in [6.07, 6.45) is 6.59. The van der Waals surface area contributed by atoms with Gasteiger partial charge in [0.25, 0.3) is 5.91 Å². The minimum atomic E-state index is 0.0589. The molecule has 0 bridgehead atoms. The lowest BCUT2D eigenvalue weighted by atomic mass is 10.1. The van der Waals surface area contributed by atoms with Crippen molar-refractivity contribution in [1.29, 1.82) is 0 Å². The monoisotopic (exact) mass is 327 g/mol. The van der Waals surface area contributed by atoms with E-state index in [0.717, 1.165) is 50.4 Å². The van der Waals surface area contributed by atoms with Gasteiger partial charge < -0.3 is 9.88 Å². The van der Waals surface area contributed by atoms with Crippen LogP contribution in [0.3, 0.4) is 0 Å². The molecule has 2 aromatic rings. The predicted molar refractivity (Wildman–Crippen MR) is 92.6 cm³/mol. The molecular formula is C18H25N5O. The van der Waals surface area contributed by atoms with Crippen molar-refractivity contribution in [2.45, 2.75) is 38.8 Å². The number of hydrogen-bond donors (Lipinski definition) is 1. The van der Waals surface area contributed by atoms with E-state index < -0.39 is 0 Å². The van der Waals surface area contributed by atoms with Gasteiger partial charge in [-0.3, -0.25) is 14.7 Å². The first kappa shape index (κ1) is 16.6. The average Bonchev–Trinajstić information content (AvgIpc) is 2.87. The second-order valence-electron chi connectivity index (χ2n) is 6.50. The van der Waals surface area contributed by atoms with E-state index in [1.807, 2.05) is 30.2 Å². The van der Waals surface area contributed by atoms with E-state index in [2.05, 4.69) is 33.0 Å². The van der Waals surface area contributed by atoms with Crippen LogP contribution in [0, 0.1) is 6.92 Å². The number of likely N-dealkylation sites (tertiary alicyclic amines) is 1. The summed E-state index contributed by atoms with van der Waals surface area (Å²) in [5.41, 5.74) is 1.68. The highest BCUT2D eigenvalue weighted by Gasteiger charge is 2.24. The molecule has 24 heavy (non-hydrogen) atoms. The first-order valence-electron chi connectivity index (χ1n) is 8.54. The summed E-state index contributed by atoms with van der Waals surface area (Å²) in [5.74, 6) is 0.838. The van der Waals surface area contributed by atoms with Crippen molar-refractivity contribution in [3.8, 4) is 0 Å². The summed E-state index contributed by atoms with van der Waals surface area (Å²) in [7, 11) is 2.15. The maximum absolute atomic E-state index is 12.6. The van der Waals surface area contributed by atoms with Crippen LogP contribution in [-0.4, -0.2) is 56.8 Å². The molecule has 0 spiro atoms. The van der Waals surface area contributed by atoms with Crippen LogP contribution in [0.1, 0.15) is 41.3 Å². The standard InChI is InChI=1S/C18H25N5O/c1-14-20-12-17(21-14)18(24)23-10-5-7-16(8-11-23)22(2)13-15-6-3-4-9-19-15/h3-4,6,9,12,16H,5,7-8,10-11,13H2,1-2H3,(H,20,21)/t16-/m1/s1. The molecule has 1 aliphatic heterocycles. The highest BCUT2D eigenvalue weighted by molar-refractivity contribution is 5.92. The van der Waals surface area contributed by atoms with Gasteiger partial charge in [-0.15, -0.1) is 0 Å². The van der Waals surface area contributed by atoms with Crippen LogP contribution in [0.4, 0.5) is 0 Å². The Hall–Kier alpha value is -2.21. The number of aromatic nitrogens is 3. The lowest BCUT2D eigenvalue weighted by Gasteiger charge is -2.27. The number of amides is 1. The predicted octanol–water partition coefficient (Wildman–Crippen LogP) is 2.24. The van der Waals surface area contributed by atoms with Crippen molar-refractivity contribution in [2.24, 2.45) is 0 Å². The van der Waals surface area contributed by atoms with E-state index in [9.17, 15) is 4.79 Å². The van der Waals surface area contributed by atoms with E-state index in [1.165, 1.54) is 0 Å². The minimum Gasteiger partial charge on any atom is -0.338 e. The van der Waals surface area contributed by atoms with Crippen molar-refractivity contribution in [3.63, 3.8) is 0 Å². The summed E-state index contributed by atoms with van der Waals surface area (Å²) in [6.45, 7) is 4.31. The number of aryl methyl sites for hydroxylation is 1. The summed E-state index contributed by atoms with van der Waals surface area (Å²) in [4.78, 5) is 28.4. The zero-order valence-corrected chi connectivity index (χ0v) is 14.4. The topological polar surface area (TPSA) is 65.1 Å². The molecule has 3 rings (SSSR count). The van der Waals surface area contributed by atoms with Crippen LogP contribution in [0.25, 0.3) is 0 Å². The molecule has 1 amide bonds. The number of imidazole rings is 1. The van der Waals surface area contributed by atoms with Crippen molar-refractivity contribution in [2.75, 3.05) is 20.1 Å². The maximum Gasteiger partial charge on any atom is 0.271 e. The van der Waals surface area contributed by atoms with Crippen LogP contribution in [-0.2, 0) is 6.54 Å². The number of carbonyl (C=O) groups excluding carboxylic acids is 1. The Balaban J connectivity index is 1.57. The lowest BCUT2D eigenvalue weighted by molar-refractivity contribution is 0.0752. The molecule has 0 unspecified atom stereocenters. The number of carbonyl (C=O) groups is 1. The van der Waals surface area contributed by atoms with Gasteiger partial charge in [0.2, 0.25) is 0 Å². The van der Waals surface area contributed by atoms with Gasteiger partial charge in [-0.05, 0) is 45.4 Å². The number of H-pyrrole nitrogens is 1. The summed E-state index contributed by atoms with van der Waals surface area (Å²) < 4.78 is 0. The highest BCUT2D eigenvalue weighted by atomic mass is 16.2. The van der Waals surface area contributed by atoms with E-state index >= 15 is 0 Å². The third kappa shape index (κ3) is 4.00. The lowest BCUT2D eigenvalue weighted by Crippen LogP contribution is -2.35. The molecule has 1 aliphatic rings. The molecule has 6 heteroatoms. The molecule has 0 aromatic carbocycles. The maximum atomic E-state index is 12.6. The number of hydrogen-bond acceptors (Lipinski definition) is 4.